The molecule has 1 aromatic rings. The van der Waals surface area contributed by atoms with E-state index in [0.717, 1.165) is 6.07 Å². The SMILES string of the molecule is CN(C)CC(C)(O)CNCc1ccc(C(N)=O)cc1F. The van der Waals surface area contributed by atoms with Crippen LogP contribution in [0.3, 0.4) is 0 Å². The van der Waals surface area contributed by atoms with E-state index < -0.39 is 17.3 Å². The predicted molar refractivity (Wildman–Crippen MR) is 75.8 cm³/mol. The van der Waals surface area contributed by atoms with Gasteiger partial charge in [-0.25, -0.2) is 4.39 Å². The van der Waals surface area contributed by atoms with Gasteiger partial charge in [-0.05, 0) is 33.2 Å². The first-order valence-corrected chi connectivity index (χ1v) is 6.37. The number of hydrogen-bond donors (Lipinski definition) is 3. The summed E-state index contributed by atoms with van der Waals surface area (Å²) >= 11 is 0. The third-order valence-electron chi connectivity index (χ3n) is 2.82. The molecule has 1 amide bonds. The molecule has 1 aromatic carbocycles. The van der Waals surface area contributed by atoms with Gasteiger partial charge in [0, 0.05) is 30.8 Å². The standard InChI is InChI=1S/C14H22FN3O2/c1-14(20,9-18(2)3)8-17-7-11-5-4-10(13(16)19)6-12(11)15/h4-6,17,20H,7-9H2,1-3H3,(H2,16,19). The largest absolute Gasteiger partial charge is 0.388 e. The molecule has 6 heteroatoms. The van der Waals surface area contributed by atoms with Crippen LogP contribution >= 0.6 is 0 Å². The third-order valence-corrected chi connectivity index (χ3v) is 2.82. The minimum atomic E-state index is -0.896. The van der Waals surface area contributed by atoms with Gasteiger partial charge in [-0.3, -0.25) is 4.79 Å². The number of benzene rings is 1. The summed E-state index contributed by atoms with van der Waals surface area (Å²) in [5.41, 5.74) is 4.75. The van der Waals surface area contributed by atoms with Crippen LogP contribution < -0.4 is 11.1 Å². The maximum absolute atomic E-state index is 13.7. The Morgan fingerprint density at radius 2 is 2.15 bits per heavy atom. The van der Waals surface area contributed by atoms with Gasteiger partial charge in [0.15, 0.2) is 0 Å². The molecule has 5 nitrogen and oxygen atoms in total. The van der Waals surface area contributed by atoms with Crippen LogP contribution in [0.2, 0.25) is 0 Å². The Morgan fingerprint density at radius 1 is 1.50 bits per heavy atom. The van der Waals surface area contributed by atoms with Crippen molar-refractivity contribution >= 4 is 5.91 Å². The summed E-state index contributed by atoms with van der Waals surface area (Å²) in [4.78, 5) is 12.8. The Kier molecular flexibility index (Phi) is 5.62. The number of carbonyl (C=O) groups excluding carboxylic acids is 1. The number of nitrogens with zero attached hydrogens (tertiary/aromatic N) is 1. The third kappa shape index (κ3) is 5.24. The van der Waals surface area contributed by atoms with Crippen molar-refractivity contribution in [3.8, 4) is 0 Å². The van der Waals surface area contributed by atoms with Gasteiger partial charge in [0.2, 0.25) is 5.91 Å². The van der Waals surface area contributed by atoms with Crippen molar-refractivity contribution in [1.29, 1.82) is 0 Å². The maximum atomic E-state index is 13.7. The molecule has 1 unspecified atom stereocenters. The van der Waals surface area contributed by atoms with Crippen molar-refractivity contribution in [2.75, 3.05) is 27.2 Å². The van der Waals surface area contributed by atoms with E-state index in [9.17, 15) is 14.3 Å². The van der Waals surface area contributed by atoms with Gasteiger partial charge >= 0.3 is 0 Å². The summed E-state index contributed by atoms with van der Waals surface area (Å²) in [6, 6.07) is 4.13. The minimum absolute atomic E-state index is 0.144. The second-order valence-electron chi connectivity index (χ2n) is 5.51. The summed E-state index contributed by atoms with van der Waals surface area (Å²) < 4.78 is 13.7. The molecule has 112 valence electrons. The molecule has 0 aromatic heterocycles. The number of nitrogens with two attached hydrogens (primary N) is 1. The molecule has 0 fully saturated rings. The topological polar surface area (TPSA) is 78.6 Å². The smallest absolute Gasteiger partial charge is 0.248 e. The lowest BCUT2D eigenvalue weighted by Gasteiger charge is -2.27. The van der Waals surface area contributed by atoms with Crippen molar-refractivity contribution in [2.45, 2.75) is 19.1 Å². The van der Waals surface area contributed by atoms with E-state index >= 15 is 0 Å². The van der Waals surface area contributed by atoms with Gasteiger partial charge in [0.1, 0.15) is 5.82 Å². The number of carbonyl (C=O) groups is 1. The monoisotopic (exact) mass is 283 g/mol. The number of aliphatic hydroxyl groups is 1. The summed E-state index contributed by atoms with van der Waals surface area (Å²) in [6.45, 7) is 2.83. The lowest BCUT2D eigenvalue weighted by atomic mass is 10.1. The highest BCUT2D eigenvalue weighted by Crippen LogP contribution is 2.11. The van der Waals surface area contributed by atoms with Crippen LogP contribution in [-0.4, -0.2) is 48.7 Å². The Balaban J connectivity index is 2.56. The summed E-state index contributed by atoms with van der Waals surface area (Å²) in [5, 5.41) is 13.1. The van der Waals surface area contributed by atoms with Gasteiger partial charge in [0.05, 0.1) is 5.60 Å². The maximum Gasteiger partial charge on any atom is 0.248 e. The van der Waals surface area contributed by atoms with Crippen LogP contribution in [0.5, 0.6) is 0 Å². The zero-order valence-corrected chi connectivity index (χ0v) is 12.1. The molecular weight excluding hydrogens is 261 g/mol. The van der Waals surface area contributed by atoms with Crippen LogP contribution in [-0.2, 0) is 6.54 Å². The molecule has 0 bridgehead atoms. The van der Waals surface area contributed by atoms with E-state index in [2.05, 4.69) is 5.32 Å². The van der Waals surface area contributed by atoms with E-state index in [1.807, 2.05) is 19.0 Å². The van der Waals surface area contributed by atoms with Crippen molar-refractivity contribution < 1.29 is 14.3 Å². The van der Waals surface area contributed by atoms with Crippen LogP contribution in [0.1, 0.15) is 22.8 Å². The molecule has 1 atom stereocenters. The molecule has 0 aliphatic carbocycles. The van der Waals surface area contributed by atoms with Crippen LogP contribution in [0.25, 0.3) is 0 Å². The Bertz CT molecular complexity index is 475. The Labute approximate surface area is 118 Å². The van der Waals surface area contributed by atoms with Crippen molar-refractivity contribution in [2.24, 2.45) is 5.73 Å². The lowest BCUT2D eigenvalue weighted by Crippen LogP contribution is -2.45. The van der Waals surface area contributed by atoms with Gasteiger partial charge in [-0.2, -0.15) is 0 Å². The Hall–Kier alpha value is -1.50. The van der Waals surface area contributed by atoms with E-state index in [4.69, 9.17) is 5.73 Å². The zero-order chi connectivity index (χ0) is 15.3. The lowest BCUT2D eigenvalue weighted by molar-refractivity contribution is 0.0335. The number of rotatable bonds is 7. The molecule has 0 heterocycles. The molecule has 1 rings (SSSR count). The van der Waals surface area contributed by atoms with Gasteiger partial charge in [-0.1, -0.05) is 6.07 Å². The fourth-order valence-corrected chi connectivity index (χ4v) is 2.05. The first-order valence-electron chi connectivity index (χ1n) is 6.37. The zero-order valence-electron chi connectivity index (χ0n) is 12.1. The van der Waals surface area contributed by atoms with Crippen LogP contribution in [0.4, 0.5) is 4.39 Å². The quantitative estimate of drug-likeness (QED) is 0.674. The van der Waals surface area contributed by atoms with E-state index in [1.54, 1.807) is 6.92 Å². The average molecular weight is 283 g/mol. The van der Waals surface area contributed by atoms with Crippen LogP contribution in [0.15, 0.2) is 18.2 Å². The number of amides is 1. The molecule has 0 spiro atoms. The average Bonchev–Trinajstić information content (AvgIpc) is 2.29. The fraction of sp³-hybridized carbons (Fsp3) is 0.500. The minimum Gasteiger partial charge on any atom is -0.388 e. The first kappa shape index (κ1) is 16.6. The first-order chi connectivity index (χ1) is 9.21. The number of likely N-dealkylation sites (N-methyl/N-ethyl adjacent to an activating group) is 1. The fourth-order valence-electron chi connectivity index (χ4n) is 2.05. The Morgan fingerprint density at radius 3 is 2.65 bits per heavy atom. The normalized spacial score (nSPS) is 14.3. The highest BCUT2D eigenvalue weighted by Gasteiger charge is 2.20. The highest BCUT2D eigenvalue weighted by atomic mass is 19.1. The molecule has 0 aliphatic rings. The highest BCUT2D eigenvalue weighted by molar-refractivity contribution is 5.92. The molecule has 0 radical (unpaired) electrons. The number of hydrogen-bond acceptors (Lipinski definition) is 4. The summed E-state index contributed by atoms with van der Waals surface area (Å²) in [6.07, 6.45) is 0. The van der Waals surface area contributed by atoms with Crippen LogP contribution in [0, 0.1) is 5.82 Å². The number of halogens is 1. The molecule has 4 N–H and O–H groups in total. The van der Waals surface area contributed by atoms with Crippen molar-refractivity contribution in [3.63, 3.8) is 0 Å². The van der Waals surface area contributed by atoms with E-state index in [0.29, 0.717) is 18.7 Å². The van der Waals surface area contributed by atoms with Gasteiger partial charge in [0.25, 0.3) is 0 Å². The molecule has 20 heavy (non-hydrogen) atoms. The summed E-state index contributed by atoms with van der Waals surface area (Å²) in [5.74, 6) is -1.14. The van der Waals surface area contributed by atoms with Gasteiger partial charge < -0.3 is 21.1 Å². The van der Waals surface area contributed by atoms with E-state index in [-0.39, 0.29) is 12.1 Å². The second-order valence-corrected chi connectivity index (χ2v) is 5.51. The summed E-state index contributed by atoms with van der Waals surface area (Å²) in [7, 11) is 3.74. The van der Waals surface area contributed by atoms with E-state index in [1.165, 1.54) is 12.1 Å². The molecule has 0 saturated heterocycles. The van der Waals surface area contributed by atoms with Gasteiger partial charge in [-0.15, -0.1) is 0 Å². The second kappa shape index (κ2) is 6.78. The molecular formula is C14H22FN3O2. The van der Waals surface area contributed by atoms with Crippen molar-refractivity contribution in [3.05, 3.63) is 35.1 Å². The number of nitrogens with one attached hydrogen (secondary N) is 1. The molecule has 0 saturated carbocycles. The number of primary amides is 1. The molecule has 0 aliphatic heterocycles. The predicted octanol–water partition coefficient (Wildman–Crippen LogP) is 0.327. The van der Waals surface area contributed by atoms with Crippen molar-refractivity contribution in [1.82, 2.24) is 10.2 Å².